The first kappa shape index (κ1) is 21.6. The van der Waals surface area contributed by atoms with Crippen LogP contribution in [0.1, 0.15) is 59.3 Å². The molecule has 1 rings (SSSR count). The molecule has 0 saturated heterocycles. The molecular formula is C20H33ClSeSn. The molecule has 0 spiro atoms. The molecule has 0 heterocycles. The Morgan fingerprint density at radius 1 is 0.913 bits per heavy atom. The van der Waals surface area contributed by atoms with Gasteiger partial charge in [-0.3, -0.25) is 0 Å². The standard InChI is InChI=1S/C8H6ClSe.3C4H9.Sn/c1-2-10-8-5-3-7(9)4-6-8;3*1-3-4-2;/h3-6H,1H2;3*1,3-4H2,2H3;. The van der Waals surface area contributed by atoms with Crippen molar-refractivity contribution in [2.45, 2.75) is 72.6 Å². The molecule has 0 amide bonds. The Morgan fingerprint density at radius 3 is 1.74 bits per heavy atom. The van der Waals surface area contributed by atoms with Gasteiger partial charge in [-0.2, -0.15) is 0 Å². The molecule has 0 saturated carbocycles. The molecule has 1 aromatic carbocycles. The van der Waals surface area contributed by atoms with Gasteiger partial charge in [0.2, 0.25) is 0 Å². The summed E-state index contributed by atoms with van der Waals surface area (Å²) < 4.78 is 7.75. The van der Waals surface area contributed by atoms with E-state index < -0.39 is 18.4 Å². The molecule has 0 N–H and O–H groups in total. The minimum atomic E-state index is -2.24. The molecule has 0 aliphatic rings. The van der Waals surface area contributed by atoms with Crippen LogP contribution in [0.2, 0.25) is 18.3 Å². The number of hydrogen-bond acceptors (Lipinski definition) is 0. The van der Waals surface area contributed by atoms with E-state index in [0.717, 1.165) is 5.02 Å². The maximum absolute atomic E-state index is 6.04. The Balaban J connectivity index is 2.92. The molecule has 0 radical (unpaired) electrons. The Labute approximate surface area is 159 Å². The van der Waals surface area contributed by atoms with E-state index in [-0.39, 0.29) is 0 Å². The van der Waals surface area contributed by atoms with E-state index in [9.17, 15) is 0 Å². The van der Waals surface area contributed by atoms with Gasteiger partial charge in [0, 0.05) is 0 Å². The zero-order valence-corrected chi connectivity index (χ0v) is 20.5. The normalized spacial score (nSPS) is 11.7. The molecule has 0 bridgehead atoms. The summed E-state index contributed by atoms with van der Waals surface area (Å²) in [6.45, 7) is 11.7. The molecule has 0 atom stereocenters. The van der Waals surface area contributed by atoms with Gasteiger partial charge < -0.3 is 0 Å². The van der Waals surface area contributed by atoms with Gasteiger partial charge in [0.05, 0.1) is 0 Å². The van der Waals surface area contributed by atoms with Gasteiger partial charge in [-0.1, -0.05) is 0 Å². The molecular weight excluding hydrogens is 473 g/mol. The van der Waals surface area contributed by atoms with E-state index in [0.29, 0.717) is 15.0 Å². The summed E-state index contributed by atoms with van der Waals surface area (Å²) in [6, 6.07) is 8.49. The van der Waals surface area contributed by atoms with Crippen LogP contribution in [0.15, 0.2) is 33.3 Å². The fourth-order valence-corrected chi connectivity index (χ4v) is 27.5. The molecule has 0 unspecified atom stereocenters. The first-order valence-electron chi connectivity index (χ1n) is 9.20. The van der Waals surface area contributed by atoms with Gasteiger partial charge in [0.1, 0.15) is 0 Å². The van der Waals surface area contributed by atoms with Gasteiger partial charge in [0.25, 0.3) is 0 Å². The second-order valence-electron chi connectivity index (χ2n) is 6.57. The summed E-state index contributed by atoms with van der Waals surface area (Å²) in [6.07, 6.45) is 8.24. The fourth-order valence-electron chi connectivity index (χ4n) is 3.09. The number of hydrogen-bond donors (Lipinski definition) is 0. The van der Waals surface area contributed by atoms with Crippen LogP contribution in [0.4, 0.5) is 0 Å². The van der Waals surface area contributed by atoms with Crippen LogP contribution in [-0.4, -0.2) is 33.3 Å². The van der Waals surface area contributed by atoms with E-state index in [1.807, 2.05) is 12.1 Å². The molecule has 23 heavy (non-hydrogen) atoms. The van der Waals surface area contributed by atoms with Crippen molar-refractivity contribution in [3.63, 3.8) is 0 Å². The van der Waals surface area contributed by atoms with Crippen molar-refractivity contribution in [3.8, 4) is 0 Å². The predicted octanol–water partition coefficient (Wildman–Crippen LogP) is 6.57. The first-order chi connectivity index (χ1) is 11.1. The van der Waals surface area contributed by atoms with Crippen molar-refractivity contribution in [1.82, 2.24) is 0 Å². The van der Waals surface area contributed by atoms with Crippen LogP contribution in [-0.2, 0) is 0 Å². The first-order valence-corrected chi connectivity index (χ1v) is 18.8. The van der Waals surface area contributed by atoms with E-state index in [2.05, 4.69) is 32.9 Å². The summed E-state index contributed by atoms with van der Waals surface area (Å²) >= 11 is 4.24. The van der Waals surface area contributed by atoms with Gasteiger partial charge in [0.15, 0.2) is 0 Å². The van der Waals surface area contributed by atoms with E-state index in [1.54, 1.807) is 2.49 Å². The molecule has 0 aliphatic heterocycles. The van der Waals surface area contributed by atoms with Crippen molar-refractivity contribution in [1.29, 1.82) is 0 Å². The van der Waals surface area contributed by atoms with Gasteiger partial charge >= 0.3 is 160 Å². The summed E-state index contributed by atoms with van der Waals surface area (Å²) in [5.74, 6) is 0. The second kappa shape index (κ2) is 12.0. The van der Waals surface area contributed by atoms with Crippen molar-refractivity contribution >= 4 is 49.4 Å². The van der Waals surface area contributed by atoms with Crippen molar-refractivity contribution in [2.24, 2.45) is 0 Å². The summed E-state index contributed by atoms with van der Waals surface area (Å²) in [5.41, 5.74) is 0. The minimum absolute atomic E-state index is 0.440. The Bertz CT molecular complexity index is 433. The Hall–Kier alpha value is 0.568. The number of rotatable bonds is 12. The van der Waals surface area contributed by atoms with Crippen LogP contribution in [0.3, 0.4) is 0 Å². The zero-order valence-electron chi connectivity index (χ0n) is 15.2. The number of halogens is 1. The second-order valence-corrected chi connectivity index (χ2v) is 25.1. The molecule has 1 aromatic rings. The third-order valence-electron chi connectivity index (χ3n) is 4.67. The number of unbranched alkanes of at least 4 members (excludes halogenated alkanes) is 3. The van der Waals surface area contributed by atoms with Crippen molar-refractivity contribution < 1.29 is 0 Å². The van der Waals surface area contributed by atoms with Crippen molar-refractivity contribution in [3.05, 3.63) is 38.4 Å². The van der Waals surface area contributed by atoms with E-state index in [1.165, 1.54) is 56.3 Å². The zero-order chi connectivity index (χ0) is 17.1. The number of benzene rings is 1. The fraction of sp³-hybridized carbons (Fsp3) is 0.600. The third kappa shape index (κ3) is 7.55. The Kier molecular flexibility index (Phi) is 11.3. The monoisotopic (exact) mass is 508 g/mol. The molecule has 130 valence electrons. The van der Waals surface area contributed by atoms with Crippen molar-refractivity contribution in [2.75, 3.05) is 0 Å². The van der Waals surface area contributed by atoms with E-state index >= 15 is 0 Å². The summed E-state index contributed by atoms with van der Waals surface area (Å²) in [7, 11) is 0. The van der Waals surface area contributed by atoms with Crippen LogP contribution >= 0.6 is 11.6 Å². The maximum atomic E-state index is 6.04. The predicted molar refractivity (Wildman–Crippen MR) is 111 cm³/mol. The van der Waals surface area contributed by atoms with Crippen LogP contribution < -0.4 is 4.46 Å². The van der Waals surface area contributed by atoms with Gasteiger partial charge in [-0.25, -0.2) is 0 Å². The van der Waals surface area contributed by atoms with E-state index in [4.69, 9.17) is 18.2 Å². The molecule has 0 aromatic heterocycles. The van der Waals surface area contributed by atoms with Crippen LogP contribution in [0.5, 0.6) is 0 Å². The average Bonchev–Trinajstić information content (AvgIpc) is 2.56. The quantitative estimate of drug-likeness (QED) is 0.281. The summed E-state index contributed by atoms with van der Waals surface area (Å²) in [5, 5.41) is 0.841. The summed E-state index contributed by atoms with van der Waals surface area (Å²) in [4.78, 5) is 0. The SMILES string of the molecule is C=[C]([Se]c1ccc(Cl)cc1)[Sn]([CH2]CCC)([CH2]CCC)[CH2]CCC. The van der Waals surface area contributed by atoms with Gasteiger partial charge in [-0.05, 0) is 0 Å². The average molecular weight is 507 g/mol. The molecule has 0 fully saturated rings. The van der Waals surface area contributed by atoms with Crippen LogP contribution in [0.25, 0.3) is 0 Å². The third-order valence-corrected chi connectivity index (χ3v) is 28.7. The van der Waals surface area contributed by atoms with Crippen LogP contribution in [0, 0.1) is 0 Å². The topological polar surface area (TPSA) is 0 Å². The molecule has 0 aliphatic carbocycles. The van der Waals surface area contributed by atoms with Gasteiger partial charge in [-0.15, -0.1) is 0 Å². The Morgan fingerprint density at radius 2 is 1.35 bits per heavy atom. The molecule has 0 nitrogen and oxygen atoms in total. The molecule has 3 heteroatoms.